The van der Waals surface area contributed by atoms with E-state index in [9.17, 15) is 0 Å². The van der Waals surface area contributed by atoms with Gasteiger partial charge in [-0.25, -0.2) is 0 Å². The average molecular weight is 414 g/mol. The van der Waals surface area contributed by atoms with E-state index in [2.05, 4.69) is 90.9 Å². The van der Waals surface area contributed by atoms with Crippen molar-refractivity contribution in [2.24, 2.45) is 15.4 Å². The van der Waals surface area contributed by atoms with Crippen LogP contribution < -0.4 is 5.32 Å². The summed E-state index contributed by atoms with van der Waals surface area (Å²) < 4.78 is 0. The lowest BCUT2D eigenvalue weighted by Gasteiger charge is -2.25. The van der Waals surface area contributed by atoms with Gasteiger partial charge in [0.15, 0.2) is 0 Å². The predicted octanol–water partition coefficient (Wildman–Crippen LogP) is 4.26. The Labute approximate surface area is 182 Å². The second-order valence-corrected chi connectivity index (χ2v) is 8.41. The molecule has 0 amide bonds. The Bertz CT molecular complexity index is 741. The van der Waals surface area contributed by atoms with Crippen LogP contribution in [0.5, 0.6) is 0 Å². The number of likely N-dealkylation sites (N-methyl/N-ethyl adjacent to an activating group) is 1. The summed E-state index contributed by atoms with van der Waals surface area (Å²) in [6, 6.07) is 9.22. The molecule has 1 heterocycles. The van der Waals surface area contributed by atoms with E-state index in [0.717, 1.165) is 25.9 Å². The molecule has 7 nitrogen and oxygen atoms in total. The molecule has 2 rings (SSSR count). The molecule has 0 saturated carbocycles. The molecule has 30 heavy (non-hydrogen) atoms. The average Bonchev–Trinajstić information content (AvgIpc) is 3.15. The fourth-order valence-corrected chi connectivity index (χ4v) is 3.58. The van der Waals surface area contributed by atoms with Gasteiger partial charge in [-0.1, -0.05) is 35.1 Å². The number of nitrogens with zero attached hydrogens (tertiary/aromatic N) is 6. The van der Waals surface area contributed by atoms with Gasteiger partial charge in [0.05, 0.1) is 12.1 Å². The van der Waals surface area contributed by atoms with Crippen LogP contribution in [0.1, 0.15) is 39.2 Å². The maximum absolute atomic E-state index is 4.52. The fourth-order valence-electron chi connectivity index (χ4n) is 3.58. The van der Waals surface area contributed by atoms with E-state index >= 15 is 0 Å². The summed E-state index contributed by atoms with van der Waals surface area (Å²) >= 11 is 0. The molecule has 1 aliphatic heterocycles. The van der Waals surface area contributed by atoms with E-state index in [1.165, 1.54) is 16.8 Å². The number of hydrogen-bond acceptors (Lipinski definition) is 6. The van der Waals surface area contributed by atoms with E-state index in [4.69, 9.17) is 0 Å². The van der Waals surface area contributed by atoms with Gasteiger partial charge in [-0.3, -0.25) is 10.0 Å². The van der Waals surface area contributed by atoms with E-state index in [0.29, 0.717) is 6.04 Å². The van der Waals surface area contributed by atoms with Crippen molar-refractivity contribution < 1.29 is 0 Å². The fraction of sp³-hybridized carbons (Fsp3) is 0.609. The molecule has 0 aliphatic carbocycles. The maximum atomic E-state index is 4.52. The third-order valence-electron chi connectivity index (χ3n) is 5.61. The number of anilines is 1. The van der Waals surface area contributed by atoms with Crippen LogP contribution in [-0.4, -0.2) is 74.0 Å². The highest BCUT2D eigenvalue weighted by molar-refractivity contribution is 5.60. The first-order chi connectivity index (χ1) is 14.3. The number of rotatable bonds is 11. The number of para-hydroxylation sites is 1. The summed E-state index contributed by atoms with van der Waals surface area (Å²) in [5, 5.41) is 20.9. The number of hydrogen-bond donors (Lipinski definition) is 1. The van der Waals surface area contributed by atoms with Gasteiger partial charge < -0.3 is 10.2 Å². The van der Waals surface area contributed by atoms with Crippen LogP contribution in [0.4, 0.5) is 5.69 Å². The van der Waals surface area contributed by atoms with Crippen molar-refractivity contribution in [2.75, 3.05) is 40.1 Å². The summed E-state index contributed by atoms with van der Waals surface area (Å²) in [6.07, 6.45) is 6.01. The number of benzene rings is 1. The molecule has 166 valence electrons. The topological polar surface area (TPSA) is 58.8 Å². The van der Waals surface area contributed by atoms with Crippen LogP contribution in [0.3, 0.4) is 0 Å². The van der Waals surface area contributed by atoms with E-state index in [-0.39, 0.29) is 12.1 Å². The molecule has 0 spiro atoms. The summed E-state index contributed by atoms with van der Waals surface area (Å²) in [5.41, 5.74) is 3.83. The molecule has 7 heteroatoms. The van der Waals surface area contributed by atoms with Crippen molar-refractivity contribution in [1.29, 1.82) is 0 Å². The zero-order valence-electron chi connectivity index (χ0n) is 19.7. The van der Waals surface area contributed by atoms with Crippen LogP contribution in [0, 0.1) is 0 Å². The lowest BCUT2D eigenvalue weighted by Crippen LogP contribution is -2.32. The second-order valence-electron chi connectivity index (χ2n) is 8.41. The third-order valence-corrected chi connectivity index (χ3v) is 5.61. The van der Waals surface area contributed by atoms with Gasteiger partial charge in [0.25, 0.3) is 0 Å². The highest BCUT2D eigenvalue weighted by Crippen LogP contribution is 2.21. The number of allylic oxidation sites excluding steroid dienone is 1. The lowest BCUT2D eigenvalue weighted by molar-refractivity contribution is 0.237. The lowest BCUT2D eigenvalue weighted by atomic mass is 10.0. The normalized spacial score (nSPS) is 19.0. The van der Waals surface area contributed by atoms with Crippen molar-refractivity contribution in [3.05, 3.63) is 41.5 Å². The summed E-state index contributed by atoms with van der Waals surface area (Å²) in [4.78, 5) is 2.19. The highest BCUT2D eigenvalue weighted by atomic mass is 15.5. The van der Waals surface area contributed by atoms with E-state index < -0.39 is 0 Å². The van der Waals surface area contributed by atoms with Gasteiger partial charge >= 0.3 is 0 Å². The second kappa shape index (κ2) is 11.7. The van der Waals surface area contributed by atoms with Crippen molar-refractivity contribution >= 4 is 11.9 Å². The van der Waals surface area contributed by atoms with Crippen LogP contribution in [0.25, 0.3) is 0 Å². The summed E-state index contributed by atoms with van der Waals surface area (Å²) in [6.45, 7) is 8.12. The van der Waals surface area contributed by atoms with Gasteiger partial charge in [0.1, 0.15) is 0 Å². The van der Waals surface area contributed by atoms with Crippen molar-refractivity contribution in [2.45, 2.75) is 58.3 Å². The monoisotopic (exact) mass is 413 g/mol. The highest BCUT2D eigenvalue weighted by Gasteiger charge is 2.23. The molecule has 3 atom stereocenters. The number of hydrazone groups is 1. The summed E-state index contributed by atoms with van der Waals surface area (Å²) in [7, 11) is 8.19. The molecule has 1 aromatic carbocycles. The molecule has 1 aromatic rings. The molecule has 2 unspecified atom stereocenters. The zero-order chi connectivity index (χ0) is 22.1. The Balaban J connectivity index is 1.96. The Morgan fingerprint density at radius 3 is 2.70 bits per heavy atom. The maximum Gasteiger partial charge on any atom is 0.0924 e. The van der Waals surface area contributed by atoms with Crippen LogP contribution in [-0.2, 0) is 6.54 Å². The van der Waals surface area contributed by atoms with Gasteiger partial charge in [0, 0.05) is 51.5 Å². The molecular weight excluding hydrogens is 374 g/mol. The Morgan fingerprint density at radius 1 is 1.33 bits per heavy atom. The Hall–Kier alpha value is -2.41. The minimum Gasteiger partial charge on any atom is -0.378 e. The Kier molecular flexibility index (Phi) is 9.30. The molecule has 0 saturated heterocycles. The molecular formula is C23H39N7. The van der Waals surface area contributed by atoms with E-state index in [1.54, 1.807) is 0 Å². The smallest absolute Gasteiger partial charge is 0.0924 e. The first kappa shape index (κ1) is 23.9. The Morgan fingerprint density at radius 2 is 2.07 bits per heavy atom. The predicted molar refractivity (Wildman–Crippen MR) is 127 cm³/mol. The van der Waals surface area contributed by atoms with Gasteiger partial charge in [0.2, 0.25) is 0 Å². The largest absolute Gasteiger partial charge is 0.378 e. The van der Waals surface area contributed by atoms with Gasteiger partial charge in [-0.15, -0.1) is 0 Å². The minimum atomic E-state index is 0.115. The molecule has 0 fully saturated rings. The molecule has 1 aliphatic rings. The van der Waals surface area contributed by atoms with Crippen molar-refractivity contribution in [1.82, 2.24) is 14.9 Å². The first-order valence-corrected chi connectivity index (χ1v) is 10.8. The molecule has 1 N–H and O–H groups in total. The van der Waals surface area contributed by atoms with Gasteiger partial charge in [-0.2, -0.15) is 10.2 Å². The minimum absolute atomic E-state index is 0.115. The number of nitrogens with one attached hydrogen (secondary N) is 1. The van der Waals surface area contributed by atoms with Crippen LogP contribution >= 0.6 is 0 Å². The first-order valence-electron chi connectivity index (χ1n) is 10.8. The van der Waals surface area contributed by atoms with E-state index in [1.807, 2.05) is 30.3 Å². The zero-order valence-corrected chi connectivity index (χ0v) is 19.7. The van der Waals surface area contributed by atoms with Crippen molar-refractivity contribution in [3.8, 4) is 0 Å². The third kappa shape index (κ3) is 7.13. The molecule has 0 bridgehead atoms. The standard InChI is InChI=1S/C23H39N7/c1-8-18(2)21(25-22-12-10-9-11-20(22)17-28(4)5)14-16-29(6)27-26-19(3)23-13-15-24-30(23)7/h8-12,15,19,21,23,25H,13-14,16-17H2,1-7H3/b18-8+,27-26-/t19-,21?,23?/m0/s1. The quantitative estimate of drug-likeness (QED) is 0.334. The van der Waals surface area contributed by atoms with Crippen LogP contribution in [0.2, 0.25) is 0 Å². The molecule has 0 radical (unpaired) electrons. The molecule has 0 aromatic heterocycles. The SMILES string of the molecule is C/C=C(\C)C(CCN(C)/N=N\[C@@H](C)C1CC=NN1C)Nc1ccccc1CN(C)C. The van der Waals surface area contributed by atoms with Crippen molar-refractivity contribution in [3.63, 3.8) is 0 Å². The summed E-state index contributed by atoms with van der Waals surface area (Å²) in [5.74, 6) is 0. The van der Waals surface area contributed by atoms with Crippen LogP contribution in [0.15, 0.2) is 51.4 Å². The van der Waals surface area contributed by atoms with Gasteiger partial charge in [-0.05, 0) is 52.9 Å².